The zero-order valence-electron chi connectivity index (χ0n) is 12.3. The van der Waals surface area contributed by atoms with Crippen molar-refractivity contribution in [2.75, 3.05) is 21.3 Å². The van der Waals surface area contributed by atoms with Crippen LogP contribution in [0.25, 0.3) is 0 Å². The molecule has 5 heteroatoms. The molecule has 0 fully saturated rings. The van der Waals surface area contributed by atoms with Gasteiger partial charge in [0.1, 0.15) is 0 Å². The summed E-state index contributed by atoms with van der Waals surface area (Å²) in [6.45, 7) is 0. The van der Waals surface area contributed by atoms with Crippen molar-refractivity contribution in [3.63, 3.8) is 0 Å². The predicted molar refractivity (Wildman–Crippen MR) is 83.1 cm³/mol. The highest BCUT2D eigenvalue weighted by molar-refractivity contribution is 7.09. The number of rotatable bonds is 7. The van der Waals surface area contributed by atoms with Gasteiger partial charge in [-0.3, -0.25) is 4.79 Å². The van der Waals surface area contributed by atoms with Crippen molar-refractivity contribution < 1.29 is 19.0 Å². The van der Waals surface area contributed by atoms with Gasteiger partial charge in [0, 0.05) is 16.9 Å². The number of ether oxygens (including phenoxy) is 3. The molecular weight excluding hydrogens is 288 g/mol. The van der Waals surface area contributed by atoms with Crippen LogP contribution >= 0.6 is 11.3 Å². The topological polar surface area (TPSA) is 44.8 Å². The number of carbonyl (C=O) groups is 1. The van der Waals surface area contributed by atoms with Gasteiger partial charge in [-0.05, 0) is 30.0 Å². The molecule has 0 amide bonds. The lowest BCUT2D eigenvalue weighted by molar-refractivity contribution is 0.0982. The Morgan fingerprint density at radius 1 is 1.10 bits per heavy atom. The summed E-state index contributed by atoms with van der Waals surface area (Å²) in [5, 5.41) is 2.01. The van der Waals surface area contributed by atoms with E-state index in [4.69, 9.17) is 14.2 Å². The first-order valence-electron chi connectivity index (χ1n) is 6.55. The minimum absolute atomic E-state index is 0.0580. The van der Waals surface area contributed by atoms with Gasteiger partial charge in [0.05, 0.1) is 21.3 Å². The molecule has 2 rings (SSSR count). The van der Waals surface area contributed by atoms with Crippen molar-refractivity contribution in [1.82, 2.24) is 0 Å². The molecule has 0 radical (unpaired) electrons. The van der Waals surface area contributed by atoms with Crippen molar-refractivity contribution >= 4 is 17.1 Å². The average Bonchev–Trinajstić information content (AvgIpc) is 3.04. The molecule has 1 aromatic heterocycles. The monoisotopic (exact) mass is 306 g/mol. The SMILES string of the molecule is COc1cc(C(=O)CCc2cccs2)cc(OC)c1OC. The Hall–Kier alpha value is -2.01. The van der Waals surface area contributed by atoms with Crippen LogP contribution in [0.5, 0.6) is 17.2 Å². The molecule has 0 aliphatic carbocycles. The van der Waals surface area contributed by atoms with Gasteiger partial charge in [-0.25, -0.2) is 0 Å². The van der Waals surface area contributed by atoms with Crippen LogP contribution in [0.3, 0.4) is 0 Å². The number of hydrogen-bond acceptors (Lipinski definition) is 5. The highest BCUT2D eigenvalue weighted by Gasteiger charge is 2.16. The lowest BCUT2D eigenvalue weighted by atomic mass is 10.0. The fraction of sp³-hybridized carbons (Fsp3) is 0.312. The van der Waals surface area contributed by atoms with Gasteiger partial charge in [0.15, 0.2) is 17.3 Å². The van der Waals surface area contributed by atoms with Crippen LogP contribution in [-0.4, -0.2) is 27.1 Å². The van der Waals surface area contributed by atoms with E-state index in [1.807, 2.05) is 17.5 Å². The molecule has 0 aliphatic rings. The van der Waals surface area contributed by atoms with E-state index in [2.05, 4.69) is 0 Å². The summed E-state index contributed by atoms with van der Waals surface area (Å²) in [6.07, 6.45) is 1.20. The molecule has 1 heterocycles. The molecule has 0 saturated heterocycles. The Balaban J connectivity index is 2.20. The molecule has 21 heavy (non-hydrogen) atoms. The van der Waals surface area contributed by atoms with Gasteiger partial charge in [0.2, 0.25) is 5.75 Å². The molecule has 1 aromatic carbocycles. The molecule has 2 aromatic rings. The first-order chi connectivity index (χ1) is 10.2. The molecule has 112 valence electrons. The number of carbonyl (C=O) groups excluding carboxylic acids is 1. The number of aryl methyl sites for hydroxylation is 1. The summed E-state index contributed by atoms with van der Waals surface area (Å²) < 4.78 is 15.8. The maximum Gasteiger partial charge on any atom is 0.203 e. The third-order valence-corrected chi connectivity index (χ3v) is 4.10. The van der Waals surface area contributed by atoms with Crippen molar-refractivity contribution in [1.29, 1.82) is 0 Å². The lowest BCUT2D eigenvalue weighted by Gasteiger charge is -2.13. The van der Waals surface area contributed by atoms with Gasteiger partial charge in [-0.2, -0.15) is 0 Å². The summed E-state index contributed by atoms with van der Waals surface area (Å²) in [4.78, 5) is 13.5. The van der Waals surface area contributed by atoms with Crippen LogP contribution in [0.2, 0.25) is 0 Å². The Morgan fingerprint density at radius 3 is 2.24 bits per heavy atom. The molecule has 4 nitrogen and oxygen atoms in total. The van der Waals surface area contributed by atoms with Crippen LogP contribution in [0.4, 0.5) is 0 Å². The smallest absolute Gasteiger partial charge is 0.203 e. The van der Waals surface area contributed by atoms with E-state index >= 15 is 0 Å². The van der Waals surface area contributed by atoms with E-state index in [0.717, 1.165) is 6.42 Å². The minimum atomic E-state index is 0.0580. The zero-order chi connectivity index (χ0) is 15.2. The van der Waals surface area contributed by atoms with Crippen LogP contribution in [0, 0.1) is 0 Å². The summed E-state index contributed by atoms with van der Waals surface area (Å²) in [5.41, 5.74) is 0.570. The molecule has 0 saturated carbocycles. The summed E-state index contributed by atoms with van der Waals surface area (Å²) in [7, 11) is 4.62. The first-order valence-corrected chi connectivity index (χ1v) is 7.43. The Labute approximate surface area is 128 Å². The van der Waals surface area contributed by atoms with Crippen molar-refractivity contribution in [3.05, 3.63) is 40.1 Å². The molecule has 0 unspecified atom stereocenters. The molecule has 0 spiro atoms. The third kappa shape index (κ3) is 3.55. The number of thiophene rings is 1. The average molecular weight is 306 g/mol. The minimum Gasteiger partial charge on any atom is -0.493 e. The maximum absolute atomic E-state index is 12.3. The first kappa shape index (κ1) is 15.4. The zero-order valence-corrected chi connectivity index (χ0v) is 13.2. The van der Waals surface area contributed by atoms with Gasteiger partial charge < -0.3 is 14.2 Å². The summed E-state index contributed by atoms with van der Waals surface area (Å²) in [6, 6.07) is 7.41. The van der Waals surface area contributed by atoms with Gasteiger partial charge in [-0.1, -0.05) is 6.07 Å². The van der Waals surface area contributed by atoms with Crippen molar-refractivity contribution in [3.8, 4) is 17.2 Å². The van der Waals surface area contributed by atoms with E-state index < -0.39 is 0 Å². The number of ketones is 1. The van der Waals surface area contributed by atoms with E-state index in [9.17, 15) is 4.79 Å². The molecular formula is C16H18O4S. The second-order valence-corrected chi connectivity index (χ2v) is 5.45. The fourth-order valence-electron chi connectivity index (χ4n) is 2.08. The highest BCUT2D eigenvalue weighted by Crippen LogP contribution is 2.38. The quantitative estimate of drug-likeness (QED) is 0.733. The van der Waals surface area contributed by atoms with E-state index in [0.29, 0.717) is 29.2 Å². The van der Waals surface area contributed by atoms with Crippen LogP contribution in [-0.2, 0) is 6.42 Å². The number of Topliss-reactive ketones (excluding diaryl/α,β-unsaturated/α-hetero) is 1. The van der Waals surface area contributed by atoms with Crippen LogP contribution in [0.15, 0.2) is 29.6 Å². The highest BCUT2D eigenvalue weighted by atomic mass is 32.1. The second kappa shape index (κ2) is 7.13. The molecule has 0 bridgehead atoms. The molecule has 0 aliphatic heterocycles. The number of methoxy groups -OCH3 is 3. The lowest BCUT2D eigenvalue weighted by Crippen LogP contribution is -2.03. The predicted octanol–water partition coefficient (Wildman–Crippen LogP) is 3.59. The maximum atomic E-state index is 12.3. The molecule has 0 atom stereocenters. The normalized spacial score (nSPS) is 10.2. The Bertz CT molecular complexity index is 580. The van der Waals surface area contributed by atoms with Crippen LogP contribution < -0.4 is 14.2 Å². The van der Waals surface area contributed by atoms with Crippen molar-refractivity contribution in [2.45, 2.75) is 12.8 Å². The summed E-state index contributed by atoms with van der Waals surface area (Å²) >= 11 is 1.66. The van der Waals surface area contributed by atoms with Gasteiger partial charge in [-0.15, -0.1) is 11.3 Å². The van der Waals surface area contributed by atoms with Crippen LogP contribution in [0.1, 0.15) is 21.7 Å². The largest absolute Gasteiger partial charge is 0.493 e. The van der Waals surface area contributed by atoms with E-state index in [-0.39, 0.29) is 5.78 Å². The summed E-state index contributed by atoms with van der Waals surface area (Å²) in [5.74, 6) is 1.55. The Kier molecular flexibility index (Phi) is 5.22. The standard InChI is InChI=1S/C16H18O4S/c1-18-14-9-11(10-15(19-2)16(14)20-3)13(17)7-6-12-5-4-8-21-12/h4-5,8-10H,6-7H2,1-3H3. The number of hydrogen-bond donors (Lipinski definition) is 0. The van der Waals surface area contributed by atoms with E-state index in [1.165, 1.54) is 19.1 Å². The van der Waals surface area contributed by atoms with E-state index in [1.54, 1.807) is 30.6 Å². The van der Waals surface area contributed by atoms with Gasteiger partial charge in [0.25, 0.3) is 0 Å². The van der Waals surface area contributed by atoms with Crippen molar-refractivity contribution in [2.24, 2.45) is 0 Å². The third-order valence-electron chi connectivity index (χ3n) is 3.17. The molecule has 0 N–H and O–H groups in total. The number of benzene rings is 1. The van der Waals surface area contributed by atoms with Gasteiger partial charge >= 0.3 is 0 Å². The Morgan fingerprint density at radius 2 is 1.76 bits per heavy atom. The fourth-order valence-corrected chi connectivity index (χ4v) is 2.79. The second-order valence-electron chi connectivity index (χ2n) is 4.42.